The molecule has 130 valence electrons. The van der Waals surface area contributed by atoms with Crippen LogP contribution in [0.1, 0.15) is 34.5 Å². The van der Waals surface area contributed by atoms with Crippen molar-refractivity contribution in [3.63, 3.8) is 0 Å². The summed E-state index contributed by atoms with van der Waals surface area (Å²) in [7, 11) is 0. The van der Waals surface area contributed by atoms with Crippen LogP contribution in [0, 0.1) is 0 Å². The van der Waals surface area contributed by atoms with E-state index >= 15 is 0 Å². The number of ether oxygens (including phenoxy) is 1. The van der Waals surface area contributed by atoms with Crippen LogP contribution in [-0.2, 0) is 17.6 Å². The molecule has 7 nitrogen and oxygen atoms in total. The van der Waals surface area contributed by atoms with Crippen molar-refractivity contribution in [3.05, 3.63) is 57.5 Å². The van der Waals surface area contributed by atoms with Crippen molar-refractivity contribution in [2.45, 2.75) is 25.7 Å². The summed E-state index contributed by atoms with van der Waals surface area (Å²) in [6.45, 7) is -0.470. The Morgan fingerprint density at radius 1 is 1.20 bits per heavy atom. The van der Waals surface area contributed by atoms with E-state index in [1.807, 2.05) is 0 Å². The number of H-pyrrole nitrogens is 1. The first-order chi connectivity index (χ1) is 12.0. The Bertz CT molecular complexity index is 872. The molecule has 2 aromatic rings. The number of rotatable bonds is 5. The van der Waals surface area contributed by atoms with Crippen LogP contribution >= 0.6 is 0 Å². The molecular formula is C18H18N2O5. The van der Waals surface area contributed by atoms with E-state index in [0.717, 1.165) is 36.9 Å². The van der Waals surface area contributed by atoms with E-state index in [1.54, 1.807) is 24.3 Å². The van der Waals surface area contributed by atoms with E-state index in [1.165, 1.54) is 6.07 Å². The molecule has 7 heteroatoms. The first kappa shape index (κ1) is 16.8. The van der Waals surface area contributed by atoms with Gasteiger partial charge < -0.3 is 20.1 Å². The van der Waals surface area contributed by atoms with Gasteiger partial charge in [-0.25, -0.2) is 4.79 Å². The van der Waals surface area contributed by atoms with E-state index in [2.05, 4.69) is 10.3 Å². The summed E-state index contributed by atoms with van der Waals surface area (Å²) in [4.78, 5) is 37.9. The van der Waals surface area contributed by atoms with Crippen LogP contribution in [0.2, 0.25) is 0 Å². The number of aliphatic carboxylic acids is 1. The topological polar surface area (TPSA) is 108 Å². The van der Waals surface area contributed by atoms with E-state index < -0.39 is 24.0 Å². The molecule has 1 aliphatic carbocycles. The summed E-state index contributed by atoms with van der Waals surface area (Å²) in [6.07, 6.45) is 3.76. The lowest BCUT2D eigenvalue weighted by Gasteiger charge is -2.16. The molecule has 0 saturated carbocycles. The molecule has 0 aliphatic heterocycles. The van der Waals surface area contributed by atoms with Gasteiger partial charge in [-0.05, 0) is 49.4 Å². The molecule has 3 N–H and O–H groups in total. The SMILES string of the molecule is O=C(O)COc1cccc(NC(=O)c2cc3c([nH]c2=O)CCCC3)c1. The Balaban J connectivity index is 1.77. The molecule has 0 saturated heterocycles. The first-order valence-corrected chi connectivity index (χ1v) is 8.04. The third-order valence-corrected chi connectivity index (χ3v) is 4.04. The number of hydrogen-bond donors (Lipinski definition) is 3. The second-order valence-corrected chi connectivity index (χ2v) is 5.89. The lowest BCUT2D eigenvalue weighted by molar-refractivity contribution is -0.139. The monoisotopic (exact) mass is 342 g/mol. The van der Waals surface area contributed by atoms with Gasteiger partial charge in [-0.2, -0.15) is 0 Å². The summed E-state index contributed by atoms with van der Waals surface area (Å²) in [6, 6.07) is 8.02. The number of nitrogens with one attached hydrogen (secondary N) is 2. The number of anilines is 1. The molecule has 1 aromatic carbocycles. The molecule has 0 fully saturated rings. The fourth-order valence-corrected chi connectivity index (χ4v) is 2.85. The van der Waals surface area contributed by atoms with Crippen molar-refractivity contribution in [2.24, 2.45) is 0 Å². The van der Waals surface area contributed by atoms with E-state index in [9.17, 15) is 14.4 Å². The Hall–Kier alpha value is -3.09. The summed E-state index contributed by atoms with van der Waals surface area (Å²) in [5.74, 6) is -1.28. The number of carbonyl (C=O) groups excluding carboxylic acids is 1. The molecule has 0 unspecified atom stereocenters. The summed E-state index contributed by atoms with van der Waals surface area (Å²) < 4.78 is 5.07. The summed E-state index contributed by atoms with van der Waals surface area (Å²) in [5.41, 5.74) is 2.00. The second kappa shape index (κ2) is 7.21. The van der Waals surface area contributed by atoms with Crippen molar-refractivity contribution in [3.8, 4) is 5.75 Å². The van der Waals surface area contributed by atoms with E-state index in [0.29, 0.717) is 11.4 Å². The Morgan fingerprint density at radius 2 is 2.00 bits per heavy atom. The minimum Gasteiger partial charge on any atom is -0.482 e. The molecular weight excluding hydrogens is 324 g/mol. The van der Waals surface area contributed by atoms with Crippen LogP contribution in [0.4, 0.5) is 5.69 Å². The van der Waals surface area contributed by atoms with Crippen molar-refractivity contribution in [2.75, 3.05) is 11.9 Å². The minimum absolute atomic E-state index is 0.0671. The fourth-order valence-electron chi connectivity index (χ4n) is 2.85. The highest BCUT2D eigenvalue weighted by molar-refractivity contribution is 6.04. The summed E-state index contributed by atoms with van der Waals surface area (Å²) in [5, 5.41) is 11.3. The number of carboxylic acid groups (broad SMARTS) is 1. The van der Waals surface area contributed by atoms with Crippen LogP contribution in [0.3, 0.4) is 0 Å². The van der Waals surface area contributed by atoms with Crippen LogP contribution in [0.25, 0.3) is 0 Å². The Morgan fingerprint density at radius 3 is 2.80 bits per heavy atom. The van der Waals surface area contributed by atoms with Crippen molar-refractivity contribution in [1.29, 1.82) is 0 Å². The maximum Gasteiger partial charge on any atom is 0.341 e. The molecule has 1 aromatic heterocycles. The van der Waals surface area contributed by atoms with Crippen molar-refractivity contribution in [1.82, 2.24) is 4.98 Å². The van der Waals surface area contributed by atoms with Gasteiger partial charge in [-0.3, -0.25) is 9.59 Å². The van der Waals surface area contributed by atoms with E-state index in [4.69, 9.17) is 9.84 Å². The highest BCUT2D eigenvalue weighted by Crippen LogP contribution is 2.20. The maximum atomic E-state index is 12.4. The number of hydrogen-bond acceptors (Lipinski definition) is 4. The zero-order chi connectivity index (χ0) is 17.8. The Kier molecular flexibility index (Phi) is 4.83. The number of carboxylic acids is 1. The lowest BCUT2D eigenvalue weighted by atomic mass is 9.95. The van der Waals surface area contributed by atoms with Crippen LogP contribution in [0.15, 0.2) is 35.1 Å². The molecule has 0 spiro atoms. The van der Waals surface area contributed by atoms with Gasteiger partial charge in [0.05, 0.1) is 0 Å². The molecule has 0 atom stereocenters. The van der Waals surface area contributed by atoms with Gasteiger partial charge in [-0.1, -0.05) is 6.07 Å². The van der Waals surface area contributed by atoms with Gasteiger partial charge in [0.1, 0.15) is 11.3 Å². The maximum absolute atomic E-state index is 12.4. The zero-order valence-electron chi connectivity index (χ0n) is 13.5. The predicted octanol–water partition coefficient (Wildman–Crippen LogP) is 1.97. The highest BCUT2D eigenvalue weighted by Gasteiger charge is 2.17. The number of pyridine rings is 1. The smallest absolute Gasteiger partial charge is 0.341 e. The molecule has 1 amide bonds. The second-order valence-electron chi connectivity index (χ2n) is 5.89. The fraction of sp³-hybridized carbons (Fsp3) is 0.278. The number of benzene rings is 1. The Labute approximate surface area is 143 Å². The first-order valence-electron chi connectivity index (χ1n) is 8.04. The average molecular weight is 342 g/mol. The number of aryl methyl sites for hydroxylation is 2. The standard InChI is InChI=1S/C18H18N2O5/c21-16(22)10-25-13-6-3-5-12(9-13)19-17(23)14-8-11-4-1-2-7-15(11)20-18(14)24/h3,5-6,8-9H,1-2,4,7,10H2,(H,19,23)(H,20,24)(H,21,22). The highest BCUT2D eigenvalue weighted by atomic mass is 16.5. The van der Waals surface area contributed by atoms with Gasteiger partial charge in [-0.15, -0.1) is 0 Å². The van der Waals surface area contributed by atoms with Crippen LogP contribution in [-0.4, -0.2) is 28.6 Å². The van der Waals surface area contributed by atoms with Crippen LogP contribution in [0.5, 0.6) is 5.75 Å². The number of fused-ring (bicyclic) bond motifs is 1. The molecule has 25 heavy (non-hydrogen) atoms. The van der Waals surface area contributed by atoms with Crippen molar-refractivity contribution >= 4 is 17.6 Å². The number of amides is 1. The zero-order valence-corrected chi connectivity index (χ0v) is 13.5. The third-order valence-electron chi connectivity index (χ3n) is 4.04. The number of carbonyl (C=O) groups is 2. The number of aromatic nitrogens is 1. The van der Waals surface area contributed by atoms with Gasteiger partial charge >= 0.3 is 5.97 Å². The van der Waals surface area contributed by atoms with Gasteiger partial charge in [0.25, 0.3) is 11.5 Å². The molecule has 1 aliphatic rings. The van der Waals surface area contributed by atoms with Gasteiger partial charge in [0, 0.05) is 17.4 Å². The predicted molar refractivity (Wildman–Crippen MR) is 91.2 cm³/mol. The molecule has 0 radical (unpaired) electrons. The van der Waals surface area contributed by atoms with Crippen molar-refractivity contribution < 1.29 is 19.4 Å². The van der Waals surface area contributed by atoms with Gasteiger partial charge in [0.15, 0.2) is 6.61 Å². The average Bonchev–Trinajstić information content (AvgIpc) is 2.59. The lowest BCUT2D eigenvalue weighted by Crippen LogP contribution is -2.26. The quantitative estimate of drug-likeness (QED) is 0.770. The molecule has 3 rings (SSSR count). The third kappa shape index (κ3) is 4.06. The van der Waals surface area contributed by atoms with Crippen LogP contribution < -0.4 is 15.6 Å². The molecule has 0 bridgehead atoms. The normalized spacial score (nSPS) is 13.0. The largest absolute Gasteiger partial charge is 0.482 e. The van der Waals surface area contributed by atoms with E-state index in [-0.39, 0.29) is 5.56 Å². The molecule has 1 heterocycles. The number of aromatic amines is 1. The van der Waals surface area contributed by atoms with Gasteiger partial charge in [0.2, 0.25) is 0 Å². The summed E-state index contributed by atoms with van der Waals surface area (Å²) >= 11 is 0. The minimum atomic E-state index is -1.09.